The Balaban J connectivity index is 2.06. The van der Waals surface area contributed by atoms with Crippen molar-refractivity contribution in [1.82, 2.24) is 24.4 Å². The van der Waals surface area contributed by atoms with E-state index in [1.165, 1.54) is 6.33 Å². The van der Waals surface area contributed by atoms with E-state index < -0.39 is 24.1 Å². The maximum atomic E-state index is 11.9. The lowest BCUT2D eigenvalue weighted by atomic mass is 10.2. The molecule has 3 atom stereocenters. The van der Waals surface area contributed by atoms with Gasteiger partial charge < -0.3 is 19.8 Å². The van der Waals surface area contributed by atoms with Gasteiger partial charge in [-0.05, 0) is 6.92 Å². The van der Waals surface area contributed by atoms with Crippen LogP contribution in [0, 0.1) is 0 Å². The molecule has 2 aromatic heterocycles. The summed E-state index contributed by atoms with van der Waals surface area (Å²) >= 11 is 0. The molecule has 2 aromatic rings. The second-order valence-electron chi connectivity index (χ2n) is 5.88. The largest absolute Gasteiger partial charge is 0.394 e. The lowest BCUT2D eigenvalue weighted by molar-refractivity contribution is -0.0432. The van der Waals surface area contributed by atoms with Gasteiger partial charge in [-0.15, -0.1) is 0 Å². The number of amidine groups is 1. The molecule has 1 saturated heterocycles. The lowest BCUT2D eigenvalue weighted by Crippen LogP contribution is -2.24. The molecule has 0 bridgehead atoms. The van der Waals surface area contributed by atoms with Gasteiger partial charge in [-0.1, -0.05) is 0 Å². The van der Waals surface area contributed by atoms with Crippen LogP contribution in [0.3, 0.4) is 0 Å². The Hall–Kier alpha value is -2.30. The predicted molar refractivity (Wildman–Crippen MR) is 86.2 cm³/mol. The van der Waals surface area contributed by atoms with Gasteiger partial charge in [0.05, 0.1) is 19.0 Å². The van der Waals surface area contributed by atoms with Gasteiger partial charge in [0.25, 0.3) is 0 Å². The second-order valence-corrected chi connectivity index (χ2v) is 5.88. The van der Waals surface area contributed by atoms with Crippen molar-refractivity contribution in [3.63, 3.8) is 0 Å². The van der Waals surface area contributed by atoms with Crippen molar-refractivity contribution >= 4 is 22.8 Å². The second kappa shape index (κ2) is 6.30. The summed E-state index contributed by atoms with van der Waals surface area (Å²) in [6.07, 6.45) is -0.230. The van der Waals surface area contributed by atoms with Crippen LogP contribution in [0.5, 0.6) is 0 Å². The van der Waals surface area contributed by atoms with E-state index in [1.54, 1.807) is 4.57 Å². The molecule has 24 heavy (non-hydrogen) atoms. The third kappa shape index (κ3) is 2.90. The van der Waals surface area contributed by atoms with Gasteiger partial charge in [-0.25, -0.2) is 14.8 Å². The number of aliphatic imine (C=N–C) groups is 1. The highest BCUT2D eigenvalue weighted by Crippen LogP contribution is 2.31. The van der Waals surface area contributed by atoms with Gasteiger partial charge >= 0.3 is 5.69 Å². The number of aliphatic hydroxyl groups excluding tert-OH is 2. The van der Waals surface area contributed by atoms with Crippen molar-refractivity contribution in [3.8, 4) is 0 Å². The van der Waals surface area contributed by atoms with Gasteiger partial charge in [0.2, 0.25) is 0 Å². The maximum absolute atomic E-state index is 11.9. The van der Waals surface area contributed by atoms with E-state index in [0.29, 0.717) is 22.8 Å². The number of rotatable bonds is 3. The van der Waals surface area contributed by atoms with Crippen molar-refractivity contribution in [1.29, 1.82) is 0 Å². The molecule has 0 unspecified atom stereocenters. The number of aliphatic hydroxyl groups is 2. The average Bonchev–Trinajstić information content (AvgIpc) is 3.10. The highest BCUT2D eigenvalue weighted by molar-refractivity contribution is 5.88. The van der Waals surface area contributed by atoms with Crippen molar-refractivity contribution < 1.29 is 14.9 Å². The molecule has 1 aliphatic rings. The summed E-state index contributed by atoms with van der Waals surface area (Å²) in [6, 6.07) is 0. The molecule has 3 rings (SSSR count). The standard InChI is InChI=1S/C14H20N6O4/c1-7(19(2)3)16-12-11-13(18-14(23)17-12)20(6-15-11)10-4-8(22)9(5-21)24-10/h6,8-10,21-22H,4-5H2,1-3H3,(H,17,18,23)/b16-7+/t8-,9+,10+/m0/s1. The fourth-order valence-corrected chi connectivity index (χ4v) is 2.52. The summed E-state index contributed by atoms with van der Waals surface area (Å²) < 4.78 is 7.18. The van der Waals surface area contributed by atoms with E-state index in [1.807, 2.05) is 25.9 Å². The molecule has 0 aliphatic carbocycles. The maximum Gasteiger partial charge on any atom is 0.348 e. The number of nitrogens with zero attached hydrogens (tertiary/aromatic N) is 5. The number of nitrogens with one attached hydrogen (secondary N) is 1. The zero-order valence-corrected chi connectivity index (χ0v) is 13.7. The topological polar surface area (TPSA) is 129 Å². The van der Waals surface area contributed by atoms with Crippen LogP contribution in [0.4, 0.5) is 5.82 Å². The van der Waals surface area contributed by atoms with Crippen LogP contribution in [-0.4, -0.2) is 73.4 Å². The summed E-state index contributed by atoms with van der Waals surface area (Å²) in [4.78, 5) is 28.9. The van der Waals surface area contributed by atoms with E-state index >= 15 is 0 Å². The summed E-state index contributed by atoms with van der Waals surface area (Å²) in [5, 5.41) is 19.1. The number of hydrogen-bond donors (Lipinski definition) is 3. The van der Waals surface area contributed by atoms with Crippen molar-refractivity contribution in [2.45, 2.75) is 31.8 Å². The summed E-state index contributed by atoms with van der Waals surface area (Å²) in [6.45, 7) is 1.53. The average molecular weight is 336 g/mol. The van der Waals surface area contributed by atoms with Crippen molar-refractivity contribution in [2.75, 3.05) is 20.7 Å². The molecule has 0 aromatic carbocycles. The first-order valence-corrected chi connectivity index (χ1v) is 7.54. The number of aromatic nitrogens is 4. The number of imidazole rings is 1. The molecule has 10 heteroatoms. The number of fused-ring (bicyclic) bond motifs is 1. The molecular formula is C14H20N6O4. The zero-order valence-electron chi connectivity index (χ0n) is 13.7. The highest BCUT2D eigenvalue weighted by Gasteiger charge is 2.35. The van der Waals surface area contributed by atoms with Gasteiger partial charge in [-0.3, -0.25) is 9.55 Å². The van der Waals surface area contributed by atoms with Crippen LogP contribution in [0.25, 0.3) is 11.2 Å². The molecular weight excluding hydrogens is 316 g/mol. The number of hydrogen-bond acceptors (Lipinski definition) is 7. The highest BCUT2D eigenvalue weighted by atomic mass is 16.5. The molecule has 0 spiro atoms. The quantitative estimate of drug-likeness (QED) is 0.503. The Kier molecular flexibility index (Phi) is 4.35. The van der Waals surface area contributed by atoms with Gasteiger partial charge in [0.15, 0.2) is 17.0 Å². The number of aromatic amines is 1. The lowest BCUT2D eigenvalue weighted by Gasteiger charge is -2.13. The Labute approximate surface area is 137 Å². The molecule has 0 amide bonds. The molecule has 1 fully saturated rings. The minimum absolute atomic E-state index is 0.278. The smallest absolute Gasteiger partial charge is 0.348 e. The first kappa shape index (κ1) is 16.6. The van der Waals surface area contributed by atoms with Gasteiger partial charge in [0.1, 0.15) is 18.2 Å². The SMILES string of the molecule is C/C(=N\c1[nH]c(=O)nc2c1ncn2[C@H]1C[C@H](O)[C@@H](CO)O1)N(C)C. The van der Waals surface area contributed by atoms with Crippen LogP contribution in [0.15, 0.2) is 16.1 Å². The third-order valence-corrected chi connectivity index (χ3v) is 4.04. The Morgan fingerprint density at radius 2 is 2.33 bits per heavy atom. The molecule has 130 valence electrons. The van der Waals surface area contributed by atoms with Crippen LogP contribution < -0.4 is 5.69 Å². The van der Waals surface area contributed by atoms with E-state index in [4.69, 9.17) is 4.74 Å². The van der Waals surface area contributed by atoms with Crippen LogP contribution in [-0.2, 0) is 4.74 Å². The Morgan fingerprint density at radius 1 is 1.58 bits per heavy atom. The third-order valence-electron chi connectivity index (χ3n) is 4.04. The molecule has 3 heterocycles. The molecule has 3 N–H and O–H groups in total. The Bertz CT molecular complexity index is 826. The van der Waals surface area contributed by atoms with Crippen LogP contribution >= 0.6 is 0 Å². The first-order chi connectivity index (χ1) is 11.4. The first-order valence-electron chi connectivity index (χ1n) is 7.54. The normalized spacial score (nSPS) is 24.7. The minimum atomic E-state index is -0.784. The van der Waals surface area contributed by atoms with E-state index in [0.717, 1.165) is 0 Å². The van der Waals surface area contributed by atoms with Crippen LogP contribution in [0.2, 0.25) is 0 Å². The fraction of sp³-hybridized carbons (Fsp3) is 0.571. The molecule has 0 saturated carbocycles. The van der Waals surface area contributed by atoms with Gasteiger partial charge in [-0.2, -0.15) is 4.98 Å². The van der Waals surface area contributed by atoms with Gasteiger partial charge in [0, 0.05) is 20.5 Å². The molecule has 10 nitrogen and oxygen atoms in total. The van der Waals surface area contributed by atoms with E-state index in [-0.39, 0.29) is 13.0 Å². The summed E-state index contributed by atoms with van der Waals surface area (Å²) in [5.74, 6) is 1.01. The number of H-pyrrole nitrogens is 1. The monoisotopic (exact) mass is 336 g/mol. The molecule has 0 radical (unpaired) electrons. The zero-order chi connectivity index (χ0) is 17.4. The van der Waals surface area contributed by atoms with Crippen LogP contribution in [0.1, 0.15) is 19.6 Å². The van der Waals surface area contributed by atoms with Crippen molar-refractivity contribution in [2.24, 2.45) is 4.99 Å². The van der Waals surface area contributed by atoms with E-state index in [2.05, 4.69) is 19.9 Å². The summed E-state index contributed by atoms with van der Waals surface area (Å²) in [5.41, 5.74) is 0.202. The minimum Gasteiger partial charge on any atom is -0.394 e. The molecule has 1 aliphatic heterocycles. The Morgan fingerprint density at radius 3 is 2.96 bits per heavy atom. The number of ether oxygens (including phenoxy) is 1. The van der Waals surface area contributed by atoms with Crippen molar-refractivity contribution in [3.05, 3.63) is 16.8 Å². The fourth-order valence-electron chi connectivity index (χ4n) is 2.52. The predicted octanol–water partition coefficient (Wildman–Crippen LogP) is -0.628. The summed E-state index contributed by atoms with van der Waals surface area (Å²) in [7, 11) is 3.69. The van der Waals surface area contributed by atoms with E-state index in [9.17, 15) is 15.0 Å².